The highest BCUT2D eigenvalue weighted by Crippen LogP contribution is 2.07. The Morgan fingerprint density at radius 1 is 1.65 bits per heavy atom. The lowest BCUT2D eigenvalue weighted by atomic mass is 10.2. The molecule has 1 aromatic rings. The zero-order chi connectivity index (χ0) is 12.3. The molecule has 1 amide bonds. The zero-order valence-corrected chi connectivity index (χ0v) is 9.39. The summed E-state index contributed by atoms with van der Waals surface area (Å²) in [7, 11) is 0. The van der Waals surface area contributed by atoms with Crippen molar-refractivity contribution in [2.75, 3.05) is 26.2 Å². The molecule has 0 aliphatic carbocycles. The summed E-state index contributed by atoms with van der Waals surface area (Å²) in [4.78, 5) is 27.7. The second kappa shape index (κ2) is 5.11. The van der Waals surface area contributed by atoms with Gasteiger partial charge in [0.25, 0.3) is 11.5 Å². The Bertz CT molecular complexity index is 457. The van der Waals surface area contributed by atoms with Gasteiger partial charge in [0.1, 0.15) is 5.56 Å². The van der Waals surface area contributed by atoms with E-state index in [0.717, 1.165) is 0 Å². The van der Waals surface area contributed by atoms with Crippen LogP contribution in [0.4, 0.5) is 0 Å². The SMILES string of the molecule is NCC1CN(C(=O)c2ccc[nH]c2=O)CCO1. The van der Waals surface area contributed by atoms with Crippen molar-refractivity contribution in [3.05, 3.63) is 34.2 Å². The molecule has 1 aromatic heterocycles. The van der Waals surface area contributed by atoms with Crippen molar-refractivity contribution in [2.45, 2.75) is 6.10 Å². The molecule has 0 spiro atoms. The standard InChI is InChI=1S/C11H15N3O3/c12-6-8-7-14(4-5-17-8)11(16)9-2-1-3-13-10(9)15/h1-3,8H,4-7,12H2,(H,13,15). The second-order valence-electron chi connectivity index (χ2n) is 3.89. The summed E-state index contributed by atoms with van der Waals surface area (Å²) in [5.74, 6) is -0.270. The number of amides is 1. The molecule has 0 bridgehead atoms. The molecule has 1 aliphatic heterocycles. The third-order valence-corrected chi connectivity index (χ3v) is 2.74. The number of aromatic nitrogens is 1. The van der Waals surface area contributed by atoms with Gasteiger partial charge in [0.05, 0.1) is 12.7 Å². The Balaban J connectivity index is 2.15. The van der Waals surface area contributed by atoms with E-state index < -0.39 is 0 Å². The maximum absolute atomic E-state index is 12.1. The molecule has 17 heavy (non-hydrogen) atoms. The average Bonchev–Trinajstić information content (AvgIpc) is 2.38. The molecule has 1 aliphatic rings. The summed E-state index contributed by atoms with van der Waals surface area (Å²) < 4.78 is 5.37. The molecule has 2 rings (SSSR count). The molecule has 92 valence electrons. The predicted octanol–water partition coefficient (Wildman–Crippen LogP) is -0.825. The number of aromatic amines is 1. The molecule has 1 unspecified atom stereocenters. The van der Waals surface area contributed by atoms with E-state index in [1.165, 1.54) is 12.3 Å². The van der Waals surface area contributed by atoms with E-state index in [2.05, 4.69) is 4.98 Å². The topological polar surface area (TPSA) is 88.4 Å². The molecular formula is C11H15N3O3. The van der Waals surface area contributed by atoms with E-state index in [1.54, 1.807) is 11.0 Å². The minimum absolute atomic E-state index is 0.143. The summed E-state index contributed by atoms with van der Waals surface area (Å²) in [6.45, 7) is 1.75. The monoisotopic (exact) mass is 237 g/mol. The van der Waals surface area contributed by atoms with Crippen LogP contribution in [0.5, 0.6) is 0 Å². The van der Waals surface area contributed by atoms with Gasteiger partial charge in [-0.3, -0.25) is 9.59 Å². The van der Waals surface area contributed by atoms with Gasteiger partial charge < -0.3 is 20.4 Å². The molecule has 6 nitrogen and oxygen atoms in total. The number of nitrogens with two attached hydrogens (primary N) is 1. The third kappa shape index (κ3) is 2.54. The number of ether oxygens (including phenoxy) is 1. The van der Waals surface area contributed by atoms with Gasteiger partial charge in [-0.25, -0.2) is 0 Å². The Morgan fingerprint density at radius 3 is 3.18 bits per heavy atom. The molecule has 1 atom stereocenters. The summed E-state index contributed by atoms with van der Waals surface area (Å²) in [5, 5.41) is 0. The second-order valence-corrected chi connectivity index (χ2v) is 3.89. The van der Waals surface area contributed by atoms with Gasteiger partial charge in [0.2, 0.25) is 0 Å². The smallest absolute Gasteiger partial charge is 0.260 e. The van der Waals surface area contributed by atoms with Crippen molar-refractivity contribution in [3.63, 3.8) is 0 Å². The van der Waals surface area contributed by atoms with Crippen molar-refractivity contribution in [2.24, 2.45) is 5.73 Å². The van der Waals surface area contributed by atoms with E-state index in [4.69, 9.17) is 10.5 Å². The maximum Gasteiger partial charge on any atom is 0.260 e. The Labute approximate surface area is 98.4 Å². The number of hydrogen-bond donors (Lipinski definition) is 2. The highest BCUT2D eigenvalue weighted by Gasteiger charge is 2.25. The number of hydrogen-bond acceptors (Lipinski definition) is 4. The lowest BCUT2D eigenvalue weighted by Gasteiger charge is -2.32. The van der Waals surface area contributed by atoms with Gasteiger partial charge >= 0.3 is 0 Å². The van der Waals surface area contributed by atoms with Crippen molar-refractivity contribution >= 4 is 5.91 Å². The van der Waals surface area contributed by atoms with Crippen molar-refractivity contribution in [3.8, 4) is 0 Å². The van der Waals surface area contributed by atoms with Crippen LogP contribution >= 0.6 is 0 Å². The van der Waals surface area contributed by atoms with Crippen LogP contribution in [-0.4, -0.2) is 48.1 Å². The lowest BCUT2D eigenvalue weighted by molar-refractivity contribution is -0.0168. The molecule has 0 radical (unpaired) electrons. The van der Waals surface area contributed by atoms with Crippen molar-refractivity contribution < 1.29 is 9.53 Å². The van der Waals surface area contributed by atoms with Crippen LogP contribution in [0.3, 0.4) is 0 Å². The number of nitrogens with one attached hydrogen (secondary N) is 1. The molecule has 1 fully saturated rings. The number of morpholine rings is 1. The van der Waals surface area contributed by atoms with Crippen molar-refractivity contribution in [1.82, 2.24) is 9.88 Å². The Hall–Kier alpha value is -1.66. The number of pyridine rings is 1. The van der Waals surface area contributed by atoms with E-state index >= 15 is 0 Å². The van der Waals surface area contributed by atoms with E-state index in [0.29, 0.717) is 26.2 Å². The van der Waals surface area contributed by atoms with Gasteiger partial charge in [-0.2, -0.15) is 0 Å². The fourth-order valence-corrected chi connectivity index (χ4v) is 1.81. The Kier molecular flexibility index (Phi) is 3.55. The first-order chi connectivity index (χ1) is 8.22. The molecular weight excluding hydrogens is 222 g/mol. The maximum atomic E-state index is 12.1. The Morgan fingerprint density at radius 2 is 2.47 bits per heavy atom. The van der Waals surface area contributed by atoms with Crippen LogP contribution in [0.25, 0.3) is 0 Å². The first kappa shape index (κ1) is 11.8. The number of carbonyl (C=O) groups is 1. The minimum Gasteiger partial charge on any atom is -0.373 e. The third-order valence-electron chi connectivity index (χ3n) is 2.74. The number of H-pyrrole nitrogens is 1. The molecule has 0 aromatic carbocycles. The van der Waals surface area contributed by atoms with Crippen LogP contribution in [0.2, 0.25) is 0 Å². The minimum atomic E-state index is -0.367. The molecule has 2 heterocycles. The predicted molar refractivity (Wildman–Crippen MR) is 61.8 cm³/mol. The average molecular weight is 237 g/mol. The lowest BCUT2D eigenvalue weighted by Crippen LogP contribution is -2.49. The quantitative estimate of drug-likeness (QED) is 0.703. The first-order valence-electron chi connectivity index (χ1n) is 5.51. The number of carbonyl (C=O) groups excluding carboxylic acids is 1. The van der Waals surface area contributed by atoms with Gasteiger partial charge in [-0.15, -0.1) is 0 Å². The van der Waals surface area contributed by atoms with E-state index in [9.17, 15) is 9.59 Å². The summed E-state index contributed by atoms with van der Waals surface area (Å²) in [5.41, 5.74) is 5.29. The van der Waals surface area contributed by atoms with Gasteiger partial charge in [0.15, 0.2) is 0 Å². The number of rotatable bonds is 2. The molecule has 0 saturated carbocycles. The van der Waals surface area contributed by atoms with E-state index in [-0.39, 0.29) is 23.1 Å². The van der Waals surface area contributed by atoms with Gasteiger partial charge in [-0.1, -0.05) is 0 Å². The fraction of sp³-hybridized carbons (Fsp3) is 0.455. The molecule has 3 N–H and O–H groups in total. The summed E-state index contributed by atoms with van der Waals surface area (Å²) in [6.07, 6.45) is 1.36. The highest BCUT2D eigenvalue weighted by molar-refractivity contribution is 5.93. The molecule has 6 heteroatoms. The van der Waals surface area contributed by atoms with Crippen LogP contribution in [0.15, 0.2) is 23.1 Å². The van der Waals surface area contributed by atoms with Crippen LogP contribution in [-0.2, 0) is 4.74 Å². The summed E-state index contributed by atoms with van der Waals surface area (Å²) >= 11 is 0. The zero-order valence-electron chi connectivity index (χ0n) is 9.39. The van der Waals surface area contributed by atoms with Crippen LogP contribution in [0.1, 0.15) is 10.4 Å². The van der Waals surface area contributed by atoms with Crippen molar-refractivity contribution in [1.29, 1.82) is 0 Å². The van der Waals surface area contributed by atoms with Gasteiger partial charge in [-0.05, 0) is 12.1 Å². The fourth-order valence-electron chi connectivity index (χ4n) is 1.81. The van der Waals surface area contributed by atoms with Gasteiger partial charge in [0, 0.05) is 25.8 Å². The largest absolute Gasteiger partial charge is 0.373 e. The summed E-state index contributed by atoms with van der Waals surface area (Å²) in [6, 6.07) is 3.16. The van der Waals surface area contributed by atoms with Crippen LogP contribution < -0.4 is 11.3 Å². The number of nitrogens with zero attached hydrogens (tertiary/aromatic N) is 1. The van der Waals surface area contributed by atoms with Crippen LogP contribution in [0, 0.1) is 0 Å². The van der Waals surface area contributed by atoms with E-state index in [1.807, 2.05) is 0 Å². The molecule has 1 saturated heterocycles. The first-order valence-corrected chi connectivity index (χ1v) is 5.51. The highest BCUT2D eigenvalue weighted by atomic mass is 16.5. The normalized spacial score (nSPS) is 20.3.